The second kappa shape index (κ2) is 1.95. The van der Waals surface area contributed by atoms with Gasteiger partial charge in [0, 0.05) is 24.2 Å². The van der Waals surface area contributed by atoms with Crippen molar-refractivity contribution < 1.29 is 0 Å². The van der Waals surface area contributed by atoms with Crippen LogP contribution in [0.1, 0.15) is 5.69 Å². The zero-order chi connectivity index (χ0) is 7.84. The maximum atomic E-state index is 11.2. The van der Waals surface area contributed by atoms with E-state index in [1.54, 1.807) is 16.9 Å². The van der Waals surface area contributed by atoms with E-state index < -0.39 is 0 Å². The molecular weight excluding hydrogens is 142 g/mol. The number of rotatable bonds is 0. The van der Waals surface area contributed by atoms with Crippen molar-refractivity contribution in [3.63, 3.8) is 0 Å². The molecule has 0 aromatic carbocycles. The highest BCUT2D eigenvalue weighted by Gasteiger charge is 1.97. The summed E-state index contributed by atoms with van der Waals surface area (Å²) in [5.74, 6) is 0. The van der Waals surface area contributed by atoms with Gasteiger partial charge in [0.25, 0.3) is 0 Å². The molecule has 56 valence electrons. The van der Waals surface area contributed by atoms with E-state index in [-0.39, 0.29) is 5.43 Å². The van der Waals surface area contributed by atoms with Gasteiger partial charge in [-0.05, 0) is 6.92 Å². The third-order valence-corrected chi connectivity index (χ3v) is 1.51. The summed E-state index contributed by atoms with van der Waals surface area (Å²) in [5.41, 5.74) is 1.22. The Morgan fingerprint density at radius 2 is 2.45 bits per heavy atom. The van der Waals surface area contributed by atoms with Gasteiger partial charge < -0.3 is 0 Å². The molecule has 0 spiro atoms. The van der Waals surface area contributed by atoms with Crippen molar-refractivity contribution >= 4 is 5.65 Å². The van der Waals surface area contributed by atoms with Gasteiger partial charge in [0.15, 0.2) is 5.65 Å². The fourth-order valence-corrected chi connectivity index (χ4v) is 1.06. The first kappa shape index (κ1) is 6.15. The quantitative estimate of drug-likeness (QED) is 0.586. The van der Waals surface area contributed by atoms with Gasteiger partial charge in [0.1, 0.15) is 0 Å². The van der Waals surface area contributed by atoms with Crippen molar-refractivity contribution in [3.8, 4) is 0 Å². The summed E-state index contributed by atoms with van der Waals surface area (Å²) in [5, 5.41) is 2.96. The van der Waals surface area contributed by atoms with Crippen LogP contribution in [0.4, 0.5) is 0 Å². The normalized spacial score (nSPS) is 10.6. The molecule has 0 aliphatic rings. The molecule has 0 saturated carbocycles. The highest BCUT2D eigenvalue weighted by Crippen LogP contribution is 1.91. The first-order valence-corrected chi connectivity index (χ1v) is 3.30. The third kappa shape index (κ3) is 0.832. The standard InChI is InChI=1S/C7H7N3O/c1-5-4-6(11)7-8-2-3-10(7)9-5/h2-4,9H,1H3. The molecule has 4 heteroatoms. The Morgan fingerprint density at radius 3 is 3.27 bits per heavy atom. The minimum absolute atomic E-state index is 0.0498. The molecule has 0 saturated heterocycles. The maximum Gasteiger partial charge on any atom is 0.224 e. The molecule has 11 heavy (non-hydrogen) atoms. The Kier molecular flexibility index (Phi) is 1.09. The number of nitrogens with zero attached hydrogens (tertiary/aromatic N) is 2. The molecule has 0 fully saturated rings. The predicted molar refractivity (Wildman–Crippen MR) is 40.5 cm³/mol. The lowest BCUT2D eigenvalue weighted by Gasteiger charge is -1.94. The minimum atomic E-state index is -0.0498. The molecule has 0 unspecified atom stereocenters. The summed E-state index contributed by atoms with van der Waals surface area (Å²) in [6.45, 7) is 1.83. The molecule has 0 atom stereocenters. The number of hydrogen-bond donors (Lipinski definition) is 1. The average Bonchev–Trinajstić information content (AvgIpc) is 2.34. The molecule has 2 heterocycles. The van der Waals surface area contributed by atoms with Crippen molar-refractivity contribution in [1.29, 1.82) is 0 Å². The lowest BCUT2D eigenvalue weighted by molar-refractivity contribution is 0.894. The summed E-state index contributed by atoms with van der Waals surface area (Å²) in [6.07, 6.45) is 3.30. The zero-order valence-electron chi connectivity index (χ0n) is 6.03. The highest BCUT2D eigenvalue weighted by atomic mass is 16.1. The van der Waals surface area contributed by atoms with Crippen LogP contribution >= 0.6 is 0 Å². The summed E-state index contributed by atoms with van der Waals surface area (Å²) in [7, 11) is 0. The van der Waals surface area contributed by atoms with Gasteiger partial charge in [-0.25, -0.2) is 9.50 Å². The first-order valence-electron chi connectivity index (χ1n) is 3.30. The number of H-pyrrole nitrogens is 1. The fraction of sp³-hybridized carbons (Fsp3) is 0.143. The van der Waals surface area contributed by atoms with Crippen LogP contribution in [-0.2, 0) is 0 Å². The number of nitrogens with one attached hydrogen (secondary N) is 1. The van der Waals surface area contributed by atoms with Crippen molar-refractivity contribution in [2.75, 3.05) is 0 Å². The number of aromatic amines is 1. The molecule has 0 aliphatic heterocycles. The summed E-state index contributed by atoms with van der Waals surface area (Å²) in [6, 6.07) is 1.53. The molecule has 0 radical (unpaired) electrons. The molecule has 0 aliphatic carbocycles. The van der Waals surface area contributed by atoms with Crippen LogP contribution in [0.15, 0.2) is 23.3 Å². The lowest BCUT2D eigenvalue weighted by atomic mass is 10.4. The van der Waals surface area contributed by atoms with E-state index in [0.29, 0.717) is 5.65 Å². The van der Waals surface area contributed by atoms with Gasteiger partial charge >= 0.3 is 0 Å². The van der Waals surface area contributed by atoms with Gasteiger partial charge in [-0.15, -0.1) is 0 Å². The number of aryl methyl sites for hydroxylation is 1. The van der Waals surface area contributed by atoms with E-state index in [1.165, 1.54) is 6.07 Å². The van der Waals surface area contributed by atoms with Crippen LogP contribution in [0, 0.1) is 6.92 Å². The second-order valence-electron chi connectivity index (χ2n) is 2.42. The molecule has 1 N–H and O–H groups in total. The van der Waals surface area contributed by atoms with Gasteiger partial charge in [0.2, 0.25) is 5.43 Å². The Hall–Kier alpha value is -1.58. The smallest absolute Gasteiger partial charge is 0.224 e. The maximum absolute atomic E-state index is 11.2. The van der Waals surface area contributed by atoms with E-state index in [4.69, 9.17) is 0 Å². The third-order valence-electron chi connectivity index (χ3n) is 1.51. The zero-order valence-corrected chi connectivity index (χ0v) is 6.03. The molecule has 0 bridgehead atoms. The first-order chi connectivity index (χ1) is 5.27. The van der Waals surface area contributed by atoms with E-state index in [9.17, 15) is 4.79 Å². The molecule has 4 nitrogen and oxygen atoms in total. The Bertz CT molecular complexity index is 440. The highest BCUT2D eigenvalue weighted by molar-refractivity contribution is 5.36. The number of imidazole rings is 1. The number of aromatic nitrogens is 3. The van der Waals surface area contributed by atoms with Crippen molar-refractivity contribution in [2.24, 2.45) is 0 Å². The van der Waals surface area contributed by atoms with Crippen LogP contribution in [0.2, 0.25) is 0 Å². The molecule has 2 rings (SSSR count). The van der Waals surface area contributed by atoms with Gasteiger partial charge in [-0.2, -0.15) is 0 Å². The van der Waals surface area contributed by atoms with Crippen molar-refractivity contribution in [1.82, 2.24) is 14.6 Å². The molecular formula is C7H7N3O. The number of hydrogen-bond acceptors (Lipinski definition) is 2. The lowest BCUT2D eigenvalue weighted by Crippen LogP contribution is -2.08. The van der Waals surface area contributed by atoms with Crippen LogP contribution < -0.4 is 5.43 Å². The Morgan fingerprint density at radius 1 is 1.64 bits per heavy atom. The molecule has 2 aromatic rings. The van der Waals surface area contributed by atoms with Gasteiger partial charge in [0.05, 0.1) is 0 Å². The van der Waals surface area contributed by atoms with Crippen LogP contribution in [0.3, 0.4) is 0 Å². The number of fused-ring (bicyclic) bond motifs is 1. The largest absolute Gasteiger partial charge is 0.297 e. The van der Waals surface area contributed by atoms with Gasteiger partial charge in [-0.1, -0.05) is 0 Å². The monoisotopic (exact) mass is 149 g/mol. The van der Waals surface area contributed by atoms with Crippen LogP contribution in [0.25, 0.3) is 5.65 Å². The van der Waals surface area contributed by atoms with E-state index >= 15 is 0 Å². The Balaban J connectivity index is 3.02. The second-order valence-corrected chi connectivity index (χ2v) is 2.42. The van der Waals surface area contributed by atoms with Gasteiger partial charge in [-0.3, -0.25) is 9.89 Å². The topological polar surface area (TPSA) is 50.2 Å². The molecule has 0 amide bonds. The SMILES string of the molecule is Cc1cc(=O)c2nccn2[nH]1. The summed E-state index contributed by atoms with van der Waals surface area (Å²) in [4.78, 5) is 15.0. The van der Waals surface area contributed by atoms with E-state index in [0.717, 1.165) is 5.69 Å². The Labute approximate surface area is 62.5 Å². The summed E-state index contributed by atoms with van der Waals surface area (Å²) >= 11 is 0. The molecule has 2 aromatic heterocycles. The minimum Gasteiger partial charge on any atom is -0.297 e. The van der Waals surface area contributed by atoms with Crippen LogP contribution in [0.5, 0.6) is 0 Å². The van der Waals surface area contributed by atoms with E-state index in [2.05, 4.69) is 10.1 Å². The van der Waals surface area contributed by atoms with E-state index in [1.807, 2.05) is 6.92 Å². The average molecular weight is 149 g/mol. The predicted octanol–water partition coefficient (Wildman–Crippen LogP) is 0.331. The van der Waals surface area contributed by atoms with Crippen molar-refractivity contribution in [3.05, 3.63) is 34.4 Å². The van der Waals surface area contributed by atoms with Crippen molar-refractivity contribution in [2.45, 2.75) is 6.92 Å². The summed E-state index contributed by atoms with van der Waals surface area (Å²) < 4.78 is 1.61. The fourth-order valence-electron chi connectivity index (χ4n) is 1.06. The van der Waals surface area contributed by atoms with Crippen LogP contribution in [-0.4, -0.2) is 14.6 Å².